The third-order valence-corrected chi connectivity index (χ3v) is 4.62. The van der Waals surface area contributed by atoms with Gasteiger partial charge in [0, 0.05) is 23.3 Å². The largest absolute Gasteiger partial charge is 0.337 e. The average Bonchev–Trinajstić information content (AvgIpc) is 3.22. The van der Waals surface area contributed by atoms with Gasteiger partial charge in [0.05, 0.1) is 5.69 Å². The molecule has 0 aliphatic heterocycles. The van der Waals surface area contributed by atoms with Gasteiger partial charge in [0.1, 0.15) is 6.04 Å². The van der Waals surface area contributed by atoms with Gasteiger partial charge in [0.25, 0.3) is 0 Å². The fourth-order valence-electron chi connectivity index (χ4n) is 3.12. The molecule has 0 radical (unpaired) electrons. The number of urea groups is 1. The van der Waals surface area contributed by atoms with Crippen LogP contribution in [0.25, 0.3) is 22.2 Å². The Morgan fingerprint density at radius 2 is 1.86 bits per heavy atom. The van der Waals surface area contributed by atoms with Crippen molar-refractivity contribution >= 4 is 22.5 Å². The van der Waals surface area contributed by atoms with Gasteiger partial charge in [-0.2, -0.15) is 4.98 Å². The van der Waals surface area contributed by atoms with E-state index in [0.29, 0.717) is 11.7 Å². The Morgan fingerprint density at radius 1 is 1.03 bits per heavy atom. The number of carbonyl (C=O) groups is 1. The highest BCUT2D eigenvalue weighted by molar-refractivity contribution is 6.01. The molecular formula is C22H21N5O2. The number of pyridine rings is 1. The fraction of sp³-hybridized carbons (Fsp3) is 0.182. The molecule has 2 aromatic carbocycles. The van der Waals surface area contributed by atoms with Gasteiger partial charge in [0.2, 0.25) is 11.7 Å². The van der Waals surface area contributed by atoms with Gasteiger partial charge in [0.15, 0.2) is 0 Å². The summed E-state index contributed by atoms with van der Waals surface area (Å²) < 4.78 is 5.43. The van der Waals surface area contributed by atoms with Crippen molar-refractivity contribution in [2.24, 2.45) is 5.92 Å². The second-order valence-corrected chi connectivity index (χ2v) is 7.04. The van der Waals surface area contributed by atoms with E-state index in [1.54, 1.807) is 18.5 Å². The van der Waals surface area contributed by atoms with Gasteiger partial charge in [-0.1, -0.05) is 55.4 Å². The maximum absolute atomic E-state index is 12.7. The van der Waals surface area contributed by atoms with Gasteiger partial charge in [-0.3, -0.25) is 4.98 Å². The van der Waals surface area contributed by atoms with Crippen LogP contribution in [0.5, 0.6) is 0 Å². The van der Waals surface area contributed by atoms with Crippen LogP contribution in [0.4, 0.5) is 10.5 Å². The predicted octanol–water partition coefficient (Wildman–Crippen LogP) is 4.80. The third kappa shape index (κ3) is 4.08. The number of nitrogens with zero attached hydrogens (tertiary/aromatic N) is 3. The van der Waals surface area contributed by atoms with E-state index >= 15 is 0 Å². The minimum atomic E-state index is -0.428. The molecule has 2 N–H and O–H groups in total. The molecule has 2 heterocycles. The molecule has 0 spiro atoms. The zero-order chi connectivity index (χ0) is 20.2. The summed E-state index contributed by atoms with van der Waals surface area (Å²) >= 11 is 0. The number of nitrogens with one attached hydrogen (secondary N) is 2. The van der Waals surface area contributed by atoms with Crippen molar-refractivity contribution in [3.8, 4) is 11.4 Å². The molecule has 1 atom stereocenters. The topological polar surface area (TPSA) is 92.9 Å². The summed E-state index contributed by atoms with van der Waals surface area (Å²) in [7, 11) is 0. The Hall–Kier alpha value is -3.74. The van der Waals surface area contributed by atoms with Crippen LogP contribution in [0, 0.1) is 5.92 Å². The zero-order valence-electron chi connectivity index (χ0n) is 16.2. The van der Waals surface area contributed by atoms with Crippen molar-refractivity contribution < 1.29 is 9.32 Å². The second-order valence-electron chi connectivity index (χ2n) is 7.04. The lowest BCUT2D eigenvalue weighted by atomic mass is 10.0. The van der Waals surface area contributed by atoms with Crippen molar-refractivity contribution in [2.75, 3.05) is 5.32 Å². The van der Waals surface area contributed by atoms with Crippen LogP contribution >= 0.6 is 0 Å². The first-order valence-electron chi connectivity index (χ1n) is 9.41. The number of hydrogen-bond donors (Lipinski definition) is 2. The molecule has 0 bridgehead atoms. The Morgan fingerprint density at radius 3 is 2.66 bits per heavy atom. The van der Waals surface area contributed by atoms with E-state index in [1.807, 2.05) is 62.4 Å². The van der Waals surface area contributed by atoms with E-state index in [0.717, 1.165) is 22.0 Å². The lowest BCUT2D eigenvalue weighted by Gasteiger charge is -2.19. The molecule has 29 heavy (non-hydrogen) atoms. The molecule has 2 amide bonds. The summed E-state index contributed by atoms with van der Waals surface area (Å²) in [6.07, 6.45) is 3.35. The number of benzene rings is 2. The van der Waals surface area contributed by atoms with E-state index < -0.39 is 6.04 Å². The summed E-state index contributed by atoms with van der Waals surface area (Å²) in [5.41, 5.74) is 1.50. The molecule has 0 saturated heterocycles. The van der Waals surface area contributed by atoms with Crippen molar-refractivity contribution in [3.05, 3.63) is 72.9 Å². The number of hydrogen-bond acceptors (Lipinski definition) is 5. The molecule has 4 aromatic rings. The molecule has 0 fully saturated rings. The molecule has 0 aliphatic rings. The van der Waals surface area contributed by atoms with E-state index in [2.05, 4.69) is 25.8 Å². The van der Waals surface area contributed by atoms with Gasteiger partial charge in [-0.05, 0) is 29.5 Å². The van der Waals surface area contributed by atoms with E-state index in [1.165, 1.54) is 0 Å². The maximum atomic E-state index is 12.7. The summed E-state index contributed by atoms with van der Waals surface area (Å²) in [6, 6.07) is 16.6. The van der Waals surface area contributed by atoms with E-state index in [-0.39, 0.29) is 11.9 Å². The van der Waals surface area contributed by atoms with Gasteiger partial charge >= 0.3 is 6.03 Å². The Kier molecular flexibility index (Phi) is 5.20. The standard InChI is InChI=1S/C22H21N5O2/c1-14(2)19(21-26-20(27-29-21)16-9-6-12-23-13-16)25-22(28)24-18-11-5-8-15-7-3-4-10-17(15)18/h3-14,19H,1-2H3,(H2,24,25,28)/t19-/m0/s1. The molecule has 146 valence electrons. The number of anilines is 1. The number of rotatable bonds is 5. The molecule has 7 heteroatoms. The number of carbonyl (C=O) groups excluding carboxylic acids is 1. The van der Waals surface area contributed by atoms with Crippen LogP contribution in [0.3, 0.4) is 0 Å². The first kappa shape index (κ1) is 18.6. The van der Waals surface area contributed by atoms with Crippen LogP contribution < -0.4 is 10.6 Å². The van der Waals surface area contributed by atoms with Crippen LogP contribution in [0.15, 0.2) is 71.5 Å². The normalized spacial score (nSPS) is 12.1. The Balaban J connectivity index is 1.53. The van der Waals surface area contributed by atoms with Gasteiger partial charge in [-0.15, -0.1) is 0 Å². The van der Waals surface area contributed by atoms with Crippen molar-refractivity contribution in [1.82, 2.24) is 20.4 Å². The number of aromatic nitrogens is 3. The van der Waals surface area contributed by atoms with E-state index in [4.69, 9.17) is 4.52 Å². The predicted molar refractivity (Wildman–Crippen MR) is 111 cm³/mol. The quantitative estimate of drug-likeness (QED) is 0.513. The minimum Gasteiger partial charge on any atom is -0.337 e. The first-order chi connectivity index (χ1) is 14.1. The lowest BCUT2D eigenvalue weighted by molar-refractivity contribution is 0.236. The van der Waals surface area contributed by atoms with Crippen molar-refractivity contribution in [3.63, 3.8) is 0 Å². The minimum absolute atomic E-state index is 0.0514. The highest BCUT2D eigenvalue weighted by Crippen LogP contribution is 2.25. The highest BCUT2D eigenvalue weighted by Gasteiger charge is 2.25. The SMILES string of the molecule is CC(C)[C@H](NC(=O)Nc1cccc2ccccc12)c1nc(-c2cccnc2)no1. The van der Waals surface area contributed by atoms with Crippen LogP contribution in [-0.2, 0) is 0 Å². The second kappa shape index (κ2) is 8.10. The Bertz CT molecular complexity index is 1120. The van der Waals surface area contributed by atoms with Gasteiger partial charge in [-0.25, -0.2) is 4.79 Å². The lowest BCUT2D eigenvalue weighted by Crippen LogP contribution is -2.35. The molecule has 0 saturated carbocycles. The zero-order valence-corrected chi connectivity index (χ0v) is 16.2. The summed E-state index contributed by atoms with van der Waals surface area (Å²) in [5.74, 6) is 0.845. The molecule has 4 rings (SSSR count). The molecule has 0 unspecified atom stereocenters. The Labute approximate surface area is 168 Å². The average molecular weight is 387 g/mol. The third-order valence-electron chi connectivity index (χ3n) is 4.62. The molecule has 2 aromatic heterocycles. The fourth-order valence-corrected chi connectivity index (χ4v) is 3.12. The van der Waals surface area contributed by atoms with Crippen molar-refractivity contribution in [2.45, 2.75) is 19.9 Å². The number of fused-ring (bicyclic) bond motifs is 1. The van der Waals surface area contributed by atoms with Crippen LogP contribution in [-0.4, -0.2) is 21.2 Å². The van der Waals surface area contributed by atoms with E-state index in [9.17, 15) is 4.79 Å². The monoisotopic (exact) mass is 387 g/mol. The number of amides is 2. The molecule has 0 aliphatic carbocycles. The van der Waals surface area contributed by atoms with Crippen LogP contribution in [0.1, 0.15) is 25.8 Å². The summed E-state index contributed by atoms with van der Waals surface area (Å²) in [6.45, 7) is 3.97. The maximum Gasteiger partial charge on any atom is 0.319 e. The molecular weight excluding hydrogens is 366 g/mol. The first-order valence-corrected chi connectivity index (χ1v) is 9.41. The summed E-state index contributed by atoms with van der Waals surface area (Å²) in [5, 5.41) is 11.9. The summed E-state index contributed by atoms with van der Waals surface area (Å²) in [4.78, 5) is 21.2. The van der Waals surface area contributed by atoms with Crippen LogP contribution in [0.2, 0.25) is 0 Å². The highest BCUT2D eigenvalue weighted by atomic mass is 16.5. The van der Waals surface area contributed by atoms with Crippen molar-refractivity contribution in [1.29, 1.82) is 0 Å². The molecule has 7 nitrogen and oxygen atoms in total. The van der Waals surface area contributed by atoms with Gasteiger partial charge < -0.3 is 15.2 Å². The smallest absolute Gasteiger partial charge is 0.319 e.